The molecule has 0 aromatic carbocycles. The topological polar surface area (TPSA) is 52.6 Å². The van der Waals surface area contributed by atoms with Crippen molar-refractivity contribution in [2.75, 3.05) is 0 Å². The third-order valence-corrected chi connectivity index (χ3v) is 8.31. The van der Waals surface area contributed by atoms with Gasteiger partial charge in [-0.05, 0) is 95.3 Å². The van der Waals surface area contributed by atoms with Crippen molar-refractivity contribution in [3.8, 4) is 0 Å². The van der Waals surface area contributed by atoms with E-state index in [2.05, 4.69) is 13.5 Å². The first kappa shape index (κ1) is 23.3. The van der Waals surface area contributed by atoms with E-state index in [4.69, 9.17) is 9.47 Å². The lowest BCUT2D eigenvalue weighted by atomic mass is 9.49. The van der Waals surface area contributed by atoms with Crippen LogP contribution >= 0.6 is 0 Å². The van der Waals surface area contributed by atoms with E-state index in [1.807, 2.05) is 20.8 Å². The second kappa shape index (κ2) is 9.04. The highest BCUT2D eigenvalue weighted by atomic mass is 16.6. The fraction of sp³-hybridized carbons (Fsp3) is 0.846. The molecular formula is C26H42O4. The van der Waals surface area contributed by atoms with Gasteiger partial charge in [0.2, 0.25) is 0 Å². The van der Waals surface area contributed by atoms with Crippen molar-refractivity contribution in [1.82, 2.24) is 0 Å². The number of carbonyl (C=O) groups excluding carboxylic acids is 2. The van der Waals surface area contributed by atoms with Gasteiger partial charge in [0.25, 0.3) is 0 Å². The third kappa shape index (κ3) is 4.62. The Morgan fingerprint density at radius 1 is 1.10 bits per heavy atom. The number of ether oxygens (including phenoxy) is 2. The maximum absolute atomic E-state index is 13.3. The van der Waals surface area contributed by atoms with Gasteiger partial charge in [0.1, 0.15) is 11.2 Å². The van der Waals surface area contributed by atoms with Crippen molar-refractivity contribution < 1.29 is 19.1 Å². The summed E-state index contributed by atoms with van der Waals surface area (Å²) in [5.74, 6) is 1.98. The molecule has 30 heavy (non-hydrogen) atoms. The highest BCUT2D eigenvalue weighted by molar-refractivity contribution is 5.87. The van der Waals surface area contributed by atoms with E-state index in [1.165, 1.54) is 32.1 Å². The molecule has 0 N–H and O–H groups in total. The minimum absolute atomic E-state index is 0.107. The van der Waals surface area contributed by atoms with Crippen LogP contribution in [0.2, 0.25) is 0 Å². The number of esters is 2. The number of hydrogen-bond acceptors (Lipinski definition) is 4. The Balaban J connectivity index is 1.71. The molecule has 2 unspecified atom stereocenters. The number of rotatable bonds is 10. The van der Waals surface area contributed by atoms with Gasteiger partial charge in [-0.25, -0.2) is 4.79 Å². The molecule has 0 aromatic heterocycles. The number of hydrogen-bond donors (Lipinski definition) is 0. The third-order valence-electron chi connectivity index (χ3n) is 8.31. The van der Waals surface area contributed by atoms with Crippen molar-refractivity contribution in [2.24, 2.45) is 29.6 Å². The fourth-order valence-electron chi connectivity index (χ4n) is 6.65. The summed E-state index contributed by atoms with van der Waals surface area (Å²) in [6.07, 6.45) is 10.7. The predicted octanol–water partition coefficient (Wildman–Crippen LogP) is 6.23. The first-order valence-corrected chi connectivity index (χ1v) is 12.2. The SMILES string of the molecule is C=C(C)C(=O)OC(C)(CC)CC(C)C(=O)OC1(CCCC)C2CC3CC(C2)CC1C3. The first-order chi connectivity index (χ1) is 14.1. The van der Waals surface area contributed by atoms with Crippen LogP contribution in [-0.2, 0) is 19.1 Å². The van der Waals surface area contributed by atoms with Crippen LogP contribution < -0.4 is 0 Å². The first-order valence-electron chi connectivity index (χ1n) is 12.2. The van der Waals surface area contributed by atoms with Gasteiger partial charge in [-0.15, -0.1) is 0 Å². The van der Waals surface area contributed by atoms with Gasteiger partial charge in [-0.1, -0.05) is 33.8 Å². The van der Waals surface area contributed by atoms with Gasteiger partial charge in [-0.3, -0.25) is 4.79 Å². The average molecular weight is 419 g/mol. The lowest BCUT2D eigenvalue weighted by Gasteiger charge is -2.60. The summed E-state index contributed by atoms with van der Waals surface area (Å²) in [6, 6.07) is 0. The standard InChI is InChI=1S/C26H42O4/c1-7-9-10-26(21-12-19-11-20(14-21)15-22(26)13-19)30-24(28)18(5)16-25(6,8-2)29-23(27)17(3)4/h18-22H,3,7-16H2,1-2,4-6H3. The van der Waals surface area contributed by atoms with Gasteiger partial charge in [0.15, 0.2) is 0 Å². The van der Waals surface area contributed by atoms with Crippen molar-refractivity contribution >= 4 is 11.9 Å². The molecule has 0 aliphatic heterocycles. The summed E-state index contributed by atoms with van der Waals surface area (Å²) < 4.78 is 12.2. The molecule has 4 fully saturated rings. The zero-order chi connectivity index (χ0) is 22.1. The maximum atomic E-state index is 13.3. The molecule has 0 spiro atoms. The Morgan fingerprint density at radius 2 is 1.67 bits per heavy atom. The van der Waals surface area contributed by atoms with Crippen molar-refractivity contribution in [3.63, 3.8) is 0 Å². The number of carbonyl (C=O) groups is 2. The van der Waals surface area contributed by atoms with Crippen LogP contribution in [0, 0.1) is 29.6 Å². The van der Waals surface area contributed by atoms with E-state index >= 15 is 0 Å². The van der Waals surface area contributed by atoms with E-state index in [0.717, 1.165) is 31.1 Å². The Kier molecular flexibility index (Phi) is 7.04. The van der Waals surface area contributed by atoms with Crippen molar-refractivity contribution in [2.45, 2.75) is 110 Å². The molecule has 4 bridgehead atoms. The minimum Gasteiger partial charge on any atom is -0.458 e. The maximum Gasteiger partial charge on any atom is 0.333 e. The molecular weight excluding hydrogens is 376 g/mol. The Labute approximate surface area is 183 Å². The quantitative estimate of drug-likeness (QED) is 0.312. The summed E-state index contributed by atoms with van der Waals surface area (Å²) in [5, 5.41) is 0. The Bertz CT molecular complexity index is 638. The summed E-state index contributed by atoms with van der Waals surface area (Å²) in [7, 11) is 0. The lowest BCUT2D eigenvalue weighted by Crippen LogP contribution is -2.60. The van der Waals surface area contributed by atoms with E-state index in [1.54, 1.807) is 6.92 Å². The summed E-state index contributed by atoms with van der Waals surface area (Å²) in [4.78, 5) is 25.4. The normalized spacial score (nSPS) is 34.8. The van der Waals surface area contributed by atoms with Gasteiger partial charge >= 0.3 is 11.9 Å². The highest BCUT2D eigenvalue weighted by Gasteiger charge is 2.59. The van der Waals surface area contributed by atoms with Crippen molar-refractivity contribution in [3.05, 3.63) is 12.2 Å². The fourth-order valence-corrected chi connectivity index (χ4v) is 6.65. The molecule has 0 heterocycles. The molecule has 4 heteroatoms. The molecule has 4 aliphatic rings. The molecule has 0 amide bonds. The van der Waals surface area contributed by atoms with Crippen LogP contribution in [0.15, 0.2) is 12.2 Å². The van der Waals surface area contributed by atoms with E-state index in [-0.39, 0.29) is 23.5 Å². The van der Waals surface area contributed by atoms with Gasteiger partial charge in [-0.2, -0.15) is 0 Å². The molecule has 4 saturated carbocycles. The van der Waals surface area contributed by atoms with Crippen LogP contribution in [0.4, 0.5) is 0 Å². The van der Waals surface area contributed by atoms with Gasteiger partial charge in [0.05, 0.1) is 5.92 Å². The molecule has 4 nitrogen and oxygen atoms in total. The highest BCUT2D eigenvalue weighted by Crippen LogP contribution is 2.61. The number of unbranched alkanes of at least 4 members (excludes halogenated alkanes) is 1. The molecule has 0 saturated heterocycles. The van der Waals surface area contributed by atoms with Crippen LogP contribution in [0.25, 0.3) is 0 Å². The van der Waals surface area contributed by atoms with Gasteiger partial charge in [0, 0.05) is 5.57 Å². The van der Waals surface area contributed by atoms with Crippen LogP contribution in [-0.4, -0.2) is 23.1 Å². The largest absolute Gasteiger partial charge is 0.458 e. The molecule has 170 valence electrons. The van der Waals surface area contributed by atoms with Crippen LogP contribution in [0.5, 0.6) is 0 Å². The minimum atomic E-state index is -0.685. The monoisotopic (exact) mass is 418 g/mol. The second-order valence-corrected chi connectivity index (χ2v) is 10.9. The van der Waals surface area contributed by atoms with Gasteiger partial charge < -0.3 is 9.47 Å². The smallest absolute Gasteiger partial charge is 0.333 e. The van der Waals surface area contributed by atoms with E-state index in [9.17, 15) is 9.59 Å². The zero-order valence-electron chi connectivity index (χ0n) is 19.8. The molecule has 0 radical (unpaired) electrons. The average Bonchev–Trinajstić information content (AvgIpc) is 2.68. The molecule has 4 rings (SSSR count). The lowest BCUT2D eigenvalue weighted by molar-refractivity contribution is -0.217. The molecule has 0 aromatic rings. The second-order valence-electron chi connectivity index (χ2n) is 10.9. The molecule has 2 atom stereocenters. The van der Waals surface area contributed by atoms with Crippen LogP contribution in [0.3, 0.4) is 0 Å². The summed E-state index contributed by atoms with van der Waals surface area (Å²) >= 11 is 0. The Hall–Kier alpha value is -1.32. The summed E-state index contributed by atoms with van der Waals surface area (Å²) in [5.41, 5.74) is -0.557. The van der Waals surface area contributed by atoms with E-state index < -0.39 is 5.60 Å². The van der Waals surface area contributed by atoms with E-state index in [0.29, 0.717) is 30.3 Å². The summed E-state index contributed by atoms with van der Waals surface area (Å²) in [6.45, 7) is 13.4. The van der Waals surface area contributed by atoms with Crippen molar-refractivity contribution in [1.29, 1.82) is 0 Å². The Morgan fingerprint density at radius 3 is 2.13 bits per heavy atom. The zero-order valence-corrected chi connectivity index (χ0v) is 19.8. The van der Waals surface area contributed by atoms with Crippen LogP contribution in [0.1, 0.15) is 98.8 Å². The molecule has 4 aliphatic carbocycles. The predicted molar refractivity (Wildman–Crippen MR) is 119 cm³/mol.